The number of aliphatic carboxylic acids is 1. The number of halogens is 3. The number of alkyl halides is 3. The normalized spacial score (nSPS) is 19.8. The summed E-state index contributed by atoms with van der Waals surface area (Å²) in [5, 5.41) is 9.47. The Bertz CT molecular complexity index is 591. The van der Waals surface area contributed by atoms with Crippen molar-refractivity contribution in [3.63, 3.8) is 0 Å². The molecule has 0 radical (unpaired) electrons. The predicted molar refractivity (Wildman–Crippen MR) is 65.6 cm³/mol. The van der Waals surface area contributed by atoms with Crippen molar-refractivity contribution < 1.29 is 32.5 Å². The highest BCUT2D eigenvalue weighted by Crippen LogP contribution is 2.54. The number of hydrogen-bond donors (Lipinski definition) is 1. The second kappa shape index (κ2) is 4.54. The molecule has 1 N–H and O–H groups in total. The molecular weight excluding hydrogens is 289 g/mol. The summed E-state index contributed by atoms with van der Waals surface area (Å²) < 4.78 is 50.5. The molecule has 1 aromatic carbocycles. The molecule has 1 aliphatic carbocycles. The molecule has 114 valence electrons. The van der Waals surface area contributed by atoms with Crippen molar-refractivity contribution in [3.8, 4) is 11.5 Å². The van der Waals surface area contributed by atoms with E-state index >= 15 is 0 Å². The van der Waals surface area contributed by atoms with Crippen molar-refractivity contribution in [3.05, 3.63) is 23.3 Å². The number of carboxylic acids is 1. The van der Waals surface area contributed by atoms with Crippen LogP contribution in [-0.4, -0.2) is 24.3 Å². The first kappa shape index (κ1) is 14.0. The third-order valence-electron chi connectivity index (χ3n) is 4.11. The molecule has 3 rings (SSSR count). The van der Waals surface area contributed by atoms with Gasteiger partial charge in [0.15, 0.2) is 11.5 Å². The molecule has 1 fully saturated rings. The Labute approximate surface area is 118 Å². The van der Waals surface area contributed by atoms with Crippen molar-refractivity contribution >= 4 is 5.97 Å². The number of hydrogen-bond acceptors (Lipinski definition) is 3. The largest absolute Gasteiger partial charge is 0.486 e. The van der Waals surface area contributed by atoms with Gasteiger partial charge < -0.3 is 14.6 Å². The van der Waals surface area contributed by atoms with Crippen molar-refractivity contribution in [2.45, 2.75) is 30.9 Å². The Balaban J connectivity index is 2.27. The minimum Gasteiger partial charge on any atom is -0.486 e. The van der Waals surface area contributed by atoms with Gasteiger partial charge in [0.2, 0.25) is 0 Å². The zero-order valence-electron chi connectivity index (χ0n) is 11.0. The lowest BCUT2D eigenvalue weighted by Crippen LogP contribution is -2.44. The summed E-state index contributed by atoms with van der Waals surface area (Å²) in [7, 11) is 0. The highest BCUT2D eigenvalue weighted by atomic mass is 19.4. The second-order valence-corrected chi connectivity index (χ2v) is 5.25. The fraction of sp³-hybridized carbons (Fsp3) is 0.500. The lowest BCUT2D eigenvalue weighted by molar-refractivity contribution is -0.150. The highest BCUT2D eigenvalue weighted by Gasteiger charge is 2.53. The van der Waals surface area contributed by atoms with Gasteiger partial charge in [-0.15, -0.1) is 0 Å². The minimum atomic E-state index is -4.64. The van der Waals surface area contributed by atoms with Gasteiger partial charge in [-0.1, -0.05) is 6.42 Å². The van der Waals surface area contributed by atoms with E-state index in [4.69, 9.17) is 9.47 Å². The van der Waals surface area contributed by atoms with Crippen LogP contribution < -0.4 is 9.47 Å². The molecule has 1 heterocycles. The minimum absolute atomic E-state index is 0.0711. The average Bonchev–Trinajstić information content (AvgIpc) is 2.35. The van der Waals surface area contributed by atoms with E-state index in [9.17, 15) is 23.1 Å². The molecule has 0 atom stereocenters. The lowest BCUT2D eigenvalue weighted by atomic mass is 9.63. The first-order valence-corrected chi connectivity index (χ1v) is 6.60. The van der Waals surface area contributed by atoms with Gasteiger partial charge in [0, 0.05) is 5.56 Å². The van der Waals surface area contributed by atoms with Crippen molar-refractivity contribution in [1.82, 2.24) is 0 Å². The zero-order chi connectivity index (χ0) is 15.3. The zero-order valence-corrected chi connectivity index (χ0v) is 11.0. The Morgan fingerprint density at radius 2 is 1.86 bits per heavy atom. The molecule has 0 unspecified atom stereocenters. The van der Waals surface area contributed by atoms with Gasteiger partial charge >= 0.3 is 12.1 Å². The number of benzene rings is 1. The fourth-order valence-electron chi connectivity index (χ4n) is 2.93. The molecule has 0 aromatic heterocycles. The summed E-state index contributed by atoms with van der Waals surface area (Å²) in [6.07, 6.45) is -3.71. The fourth-order valence-corrected chi connectivity index (χ4v) is 2.93. The van der Waals surface area contributed by atoms with E-state index < -0.39 is 23.1 Å². The van der Waals surface area contributed by atoms with Crippen molar-refractivity contribution in [2.75, 3.05) is 13.2 Å². The van der Waals surface area contributed by atoms with Crippen LogP contribution in [0.15, 0.2) is 12.1 Å². The van der Waals surface area contributed by atoms with Crippen LogP contribution in [-0.2, 0) is 16.4 Å². The molecule has 0 bridgehead atoms. The number of carbonyl (C=O) groups is 1. The topological polar surface area (TPSA) is 55.8 Å². The van der Waals surface area contributed by atoms with Gasteiger partial charge in [-0.25, -0.2) is 0 Å². The van der Waals surface area contributed by atoms with Crippen molar-refractivity contribution in [1.29, 1.82) is 0 Å². The first-order valence-electron chi connectivity index (χ1n) is 6.60. The maximum Gasteiger partial charge on any atom is 0.416 e. The van der Waals surface area contributed by atoms with Gasteiger partial charge in [-0.2, -0.15) is 13.2 Å². The molecule has 1 saturated carbocycles. The maximum absolute atomic E-state index is 13.3. The molecule has 0 saturated heterocycles. The van der Waals surface area contributed by atoms with E-state index in [1.54, 1.807) is 0 Å². The smallest absolute Gasteiger partial charge is 0.416 e. The molecule has 0 amide bonds. The van der Waals surface area contributed by atoms with Crippen LogP contribution in [0.25, 0.3) is 0 Å². The summed E-state index contributed by atoms with van der Waals surface area (Å²) in [5.74, 6) is -1.14. The Kier molecular flexibility index (Phi) is 3.04. The molecular formula is C14H13F3O4. The Morgan fingerprint density at radius 3 is 2.38 bits per heavy atom. The van der Waals surface area contributed by atoms with Gasteiger partial charge in [0.25, 0.3) is 0 Å². The summed E-state index contributed by atoms with van der Waals surface area (Å²) in [4.78, 5) is 11.6. The van der Waals surface area contributed by atoms with Crippen LogP contribution >= 0.6 is 0 Å². The molecule has 1 aromatic rings. The monoisotopic (exact) mass is 302 g/mol. The standard InChI is InChI=1S/C14H13F3O4/c15-14(16,17)8-2-3-9-11(21-7-6-20-9)10(8)13(12(18)19)4-1-5-13/h2-3H,1,4-7H2,(H,18,19). The summed E-state index contributed by atoms with van der Waals surface area (Å²) >= 11 is 0. The SMILES string of the molecule is O=C(O)C1(c2c(C(F)(F)F)ccc3c2OCCO3)CCC1. The molecule has 0 spiro atoms. The number of ether oxygens (including phenoxy) is 2. The Hall–Kier alpha value is -1.92. The van der Waals surface area contributed by atoms with Gasteiger partial charge in [-0.05, 0) is 25.0 Å². The Morgan fingerprint density at radius 1 is 1.19 bits per heavy atom. The highest BCUT2D eigenvalue weighted by molar-refractivity contribution is 5.85. The molecule has 2 aliphatic rings. The second-order valence-electron chi connectivity index (χ2n) is 5.25. The summed E-state index contributed by atoms with van der Waals surface area (Å²) in [6, 6.07) is 2.07. The number of fused-ring (bicyclic) bond motifs is 1. The first-order chi connectivity index (χ1) is 9.86. The van der Waals surface area contributed by atoms with Crippen LogP contribution in [0.3, 0.4) is 0 Å². The molecule has 4 nitrogen and oxygen atoms in total. The van der Waals surface area contributed by atoms with Crippen LogP contribution in [0.4, 0.5) is 13.2 Å². The van der Waals surface area contributed by atoms with E-state index in [1.165, 1.54) is 6.07 Å². The molecule has 1 aliphatic heterocycles. The van der Waals surface area contributed by atoms with Crippen LogP contribution in [0, 0.1) is 0 Å². The van der Waals surface area contributed by atoms with Crippen LogP contribution in [0.1, 0.15) is 30.4 Å². The quantitative estimate of drug-likeness (QED) is 0.912. The maximum atomic E-state index is 13.3. The van der Waals surface area contributed by atoms with Gasteiger partial charge in [-0.3, -0.25) is 4.79 Å². The predicted octanol–water partition coefficient (Wildman–Crippen LogP) is 2.98. The van der Waals surface area contributed by atoms with E-state index in [1.807, 2.05) is 0 Å². The molecule has 7 heteroatoms. The molecule has 21 heavy (non-hydrogen) atoms. The van der Waals surface area contributed by atoms with E-state index in [2.05, 4.69) is 0 Å². The van der Waals surface area contributed by atoms with E-state index in [-0.39, 0.29) is 43.1 Å². The van der Waals surface area contributed by atoms with E-state index in [0.29, 0.717) is 6.42 Å². The van der Waals surface area contributed by atoms with E-state index in [0.717, 1.165) is 6.07 Å². The summed E-state index contributed by atoms with van der Waals surface area (Å²) in [5.41, 5.74) is -2.77. The van der Waals surface area contributed by atoms with Crippen molar-refractivity contribution in [2.24, 2.45) is 0 Å². The average molecular weight is 302 g/mol. The van der Waals surface area contributed by atoms with Crippen LogP contribution in [0.5, 0.6) is 11.5 Å². The van der Waals surface area contributed by atoms with Gasteiger partial charge in [0.1, 0.15) is 13.2 Å². The lowest BCUT2D eigenvalue weighted by Gasteiger charge is -2.41. The van der Waals surface area contributed by atoms with Crippen LogP contribution in [0.2, 0.25) is 0 Å². The summed E-state index contributed by atoms with van der Waals surface area (Å²) in [6.45, 7) is 0.342. The third kappa shape index (κ3) is 2.02. The van der Waals surface area contributed by atoms with Gasteiger partial charge in [0.05, 0.1) is 11.0 Å². The number of carboxylic acid groups (broad SMARTS) is 1. The number of rotatable bonds is 2. The third-order valence-corrected chi connectivity index (χ3v) is 4.11.